The number of hydrogen-bond donors (Lipinski definition) is 1. The Morgan fingerprint density at radius 2 is 1.94 bits per heavy atom. The Labute approximate surface area is 247 Å². The molecule has 3 rings (SSSR count). The number of halogens is 1. The summed E-state index contributed by atoms with van der Waals surface area (Å²) in [5.74, 6) is 1.89. The maximum atomic E-state index is 12.6. The van der Waals surface area contributed by atoms with E-state index in [1.165, 1.54) is 45.2 Å². The van der Waals surface area contributed by atoms with Crippen molar-refractivity contribution < 1.29 is 40.6 Å². The van der Waals surface area contributed by atoms with Crippen molar-refractivity contribution in [3.05, 3.63) is 53.4 Å². The van der Waals surface area contributed by atoms with Crippen LogP contribution in [0.4, 0.5) is 5.13 Å². The van der Waals surface area contributed by atoms with E-state index >= 15 is 0 Å². The molecule has 0 spiro atoms. The zero-order valence-electron chi connectivity index (χ0n) is 21.6. The molecule has 192 valence electrons. The van der Waals surface area contributed by atoms with Gasteiger partial charge in [0.15, 0.2) is 0 Å². The van der Waals surface area contributed by atoms with E-state index in [-0.39, 0.29) is 37.0 Å². The topological polar surface area (TPSA) is 89.9 Å². The van der Waals surface area contributed by atoms with Crippen molar-refractivity contribution in [1.82, 2.24) is 20.2 Å². The fourth-order valence-corrected chi connectivity index (χ4v) is 4.08. The first-order chi connectivity index (χ1) is 16.8. The summed E-state index contributed by atoms with van der Waals surface area (Å²) in [6, 6.07) is 3.43. The number of pyridine rings is 2. The molecule has 0 aliphatic heterocycles. The molecule has 36 heavy (non-hydrogen) atoms. The average molecular weight is 754 g/mol. The number of nitrogens with one attached hydrogen (secondary N) is 1. The molecule has 0 fully saturated rings. The quantitative estimate of drug-likeness (QED) is 0.176. The summed E-state index contributed by atoms with van der Waals surface area (Å²) < 4.78 is 5.34. The van der Waals surface area contributed by atoms with Crippen LogP contribution in [0.2, 0.25) is 5.15 Å². The first-order valence-electron chi connectivity index (χ1n) is 11.8. The minimum absolute atomic E-state index is 0. The minimum Gasteiger partial charge on any atom is -0.494 e. The standard InChI is InChI=1S/C15H11ClN5O2S.C11H23.U/c1-8-3-9(10-4-13(16)18-6-12(10)23-2)11(5-17-8)14(22)20-15-21-19-7-24-15;1-5-7-11(6-2)9-8-10(3)4;/h3-6H,1-2H3,(H,20,21,22);10-11H,2,5-9H2,1,3-4H3;/q2*-1;+2. The van der Waals surface area contributed by atoms with Crippen LogP contribution in [0.5, 0.6) is 5.75 Å². The molecule has 0 radical (unpaired) electrons. The summed E-state index contributed by atoms with van der Waals surface area (Å²) in [4.78, 5) is 20.8. The smallest absolute Gasteiger partial charge is 0.494 e. The van der Waals surface area contributed by atoms with Gasteiger partial charge in [-0.2, -0.15) is 6.42 Å². The molecule has 1 atom stereocenters. The predicted molar refractivity (Wildman–Crippen MR) is 143 cm³/mol. The second-order valence-electron chi connectivity index (χ2n) is 8.65. The Bertz CT molecular complexity index is 1070. The molecular formula is C26H34ClN5O2SU. The summed E-state index contributed by atoms with van der Waals surface area (Å²) in [5, 5.41) is 10.6. The Balaban J connectivity index is 0.000000462. The number of amides is 1. The summed E-state index contributed by atoms with van der Waals surface area (Å²) in [5.41, 5.74) is 4.96. The molecule has 10 heteroatoms. The van der Waals surface area contributed by atoms with Crippen molar-refractivity contribution >= 4 is 34.0 Å². The van der Waals surface area contributed by atoms with Gasteiger partial charge in [-0.05, 0) is 25.0 Å². The first-order valence-corrected chi connectivity index (χ1v) is 12.9. The van der Waals surface area contributed by atoms with E-state index in [0.717, 1.165) is 35.3 Å². The monoisotopic (exact) mass is 753 g/mol. The van der Waals surface area contributed by atoms with Crippen molar-refractivity contribution in [2.75, 3.05) is 12.4 Å². The second kappa shape index (κ2) is 17.1. The van der Waals surface area contributed by atoms with Crippen LogP contribution in [0.15, 0.2) is 24.5 Å². The Hall–Kier alpha value is -1.53. The summed E-state index contributed by atoms with van der Waals surface area (Å²) in [6.07, 6.45) is 9.58. The molecule has 7 nitrogen and oxygen atoms in total. The Kier molecular flexibility index (Phi) is 15.4. The predicted octanol–water partition coefficient (Wildman–Crippen LogP) is 7.08. The van der Waals surface area contributed by atoms with E-state index < -0.39 is 0 Å². The van der Waals surface area contributed by atoms with Gasteiger partial charge in [0, 0.05) is 23.0 Å². The molecule has 0 saturated carbocycles. The van der Waals surface area contributed by atoms with Gasteiger partial charge >= 0.3 is 31.1 Å². The zero-order chi connectivity index (χ0) is 25.8. The Morgan fingerprint density at radius 3 is 2.53 bits per heavy atom. The van der Waals surface area contributed by atoms with Gasteiger partial charge in [0.1, 0.15) is 10.9 Å². The van der Waals surface area contributed by atoms with Crippen LogP contribution < -0.4 is 10.1 Å². The number of aryl methyl sites for hydroxylation is 1. The van der Waals surface area contributed by atoms with Crippen molar-refractivity contribution in [2.45, 2.75) is 59.8 Å². The molecule has 0 aliphatic rings. The molecular weight excluding hydrogens is 720 g/mol. The Morgan fingerprint density at radius 1 is 1.19 bits per heavy atom. The van der Waals surface area contributed by atoms with E-state index in [1.807, 2.05) is 6.92 Å². The first kappa shape index (κ1) is 32.5. The summed E-state index contributed by atoms with van der Waals surface area (Å²) in [6.45, 7) is 12.7. The van der Waals surface area contributed by atoms with Gasteiger partial charge in [-0.25, -0.2) is 10.1 Å². The van der Waals surface area contributed by atoms with Crippen molar-refractivity contribution in [3.63, 3.8) is 0 Å². The number of carbonyl (C=O) groups is 1. The molecule has 1 amide bonds. The molecule has 3 aromatic heterocycles. The molecule has 1 unspecified atom stereocenters. The molecule has 3 aromatic rings. The van der Waals surface area contributed by atoms with Gasteiger partial charge < -0.3 is 17.0 Å². The third kappa shape index (κ3) is 10.5. The fourth-order valence-electron chi connectivity index (χ4n) is 3.53. The van der Waals surface area contributed by atoms with Crippen molar-refractivity contribution in [2.24, 2.45) is 11.8 Å². The molecule has 0 saturated heterocycles. The van der Waals surface area contributed by atoms with Crippen molar-refractivity contribution in [1.29, 1.82) is 0 Å². The van der Waals surface area contributed by atoms with Crippen molar-refractivity contribution in [3.8, 4) is 16.9 Å². The largest absolute Gasteiger partial charge is 2.00 e. The third-order valence-electron chi connectivity index (χ3n) is 5.43. The van der Waals surface area contributed by atoms with Crippen LogP contribution in [0.1, 0.15) is 68.9 Å². The van der Waals surface area contributed by atoms with Crippen LogP contribution in [0.25, 0.3) is 11.1 Å². The minimum atomic E-state index is -0.363. The summed E-state index contributed by atoms with van der Waals surface area (Å²) >= 11 is 7.11. The van der Waals surface area contributed by atoms with Crippen LogP contribution >= 0.6 is 22.9 Å². The van der Waals surface area contributed by atoms with Gasteiger partial charge in [-0.15, -0.1) is 0 Å². The maximum Gasteiger partial charge on any atom is 2.00 e. The fraction of sp³-hybridized carbons (Fsp3) is 0.462. The molecule has 3 heterocycles. The third-order valence-corrected chi connectivity index (χ3v) is 6.19. The number of hydrogen-bond acceptors (Lipinski definition) is 7. The SMILES string of the molecule is COc1cnc(Cl)cc1-c1cc(C)ncc1C(=O)Nc1nn[c-]s1.[CH2-]CC(CCC)CCC(C)C.[U+2]. The molecule has 0 aliphatic carbocycles. The molecule has 0 bridgehead atoms. The van der Waals surface area contributed by atoms with E-state index in [4.69, 9.17) is 16.3 Å². The summed E-state index contributed by atoms with van der Waals surface area (Å²) in [7, 11) is 1.53. The maximum absolute atomic E-state index is 12.6. The van der Waals surface area contributed by atoms with Gasteiger partial charge in [0.25, 0.3) is 0 Å². The van der Waals surface area contributed by atoms with E-state index in [9.17, 15) is 4.79 Å². The van der Waals surface area contributed by atoms with E-state index in [0.29, 0.717) is 32.7 Å². The van der Waals surface area contributed by atoms with Gasteiger partial charge in [0.05, 0.1) is 24.0 Å². The van der Waals surface area contributed by atoms with Gasteiger partial charge in [0.2, 0.25) is 5.91 Å². The van der Waals surface area contributed by atoms with Crippen LogP contribution in [-0.2, 0) is 0 Å². The normalized spacial score (nSPS) is 11.2. The van der Waals surface area contributed by atoms with Crippen LogP contribution in [0, 0.1) is 62.3 Å². The number of aromatic nitrogens is 4. The molecule has 1 N–H and O–H groups in total. The van der Waals surface area contributed by atoms with E-state index in [1.54, 1.807) is 12.1 Å². The number of ether oxygens (including phenoxy) is 1. The van der Waals surface area contributed by atoms with Crippen LogP contribution in [-0.4, -0.2) is 33.2 Å². The van der Waals surface area contributed by atoms with Crippen LogP contribution in [0.3, 0.4) is 0 Å². The number of rotatable bonds is 10. The number of anilines is 1. The van der Waals surface area contributed by atoms with Gasteiger partial charge in [-0.3, -0.25) is 26.2 Å². The number of carbonyl (C=O) groups excluding carboxylic acids is 1. The van der Waals surface area contributed by atoms with E-state index in [2.05, 4.69) is 58.7 Å². The second-order valence-corrected chi connectivity index (χ2v) is 9.81. The molecule has 0 aromatic carbocycles. The average Bonchev–Trinajstić information content (AvgIpc) is 3.35. The number of methoxy groups -OCH3 is 1. The zero-order valence-corrected chi connectivity index (χ0v) is 27.3. The van der Waals surface area contributed by atoms with Gasteiger partial charge in [-0.1, -0.05) is 69.5 Å². The number of nitrogens with zero attached hydrogens (tertiary/aromatic N) is 4.